The zero-order valence-corrected chi connectivity index (χ0v) is 16.1. The molecule has 3 N–H and O–H groups in total. The molecule has 0 saturated heterocycles. The van der Waals surface area contributed by atoms with E-state index >= 15 is 0 Å². The number of nitrogens with two attached hydrogens (primary N) is 1. The summed E-state index contributed by atoms with van der Waals surface area (Å²) in [7, 11) is 0.306. The Morgan fingerprint density at radius 2 is 1.50 bits per heavy atom. The van der Waals surface area contributed by atoms with Crippen molar-refractivity contribution in [3.8, 4) is 0 Å². The SMILES string of the molecule is CCCC(N)NS(=O)(=O)c1ccc(N=Nc2ccc(N(C)C)cc2)cc1. The van der Waals surface area contributed by atoms with Crippen molar-refractivity contribution in [1.29, 1.82) is 0 Å². The molecule has 2 aromatic rings. The summed E-state index contributed by atoms with van der Waals surface area (Å²) in [4.78, 5) is 2.15. The van der Waals surface area contributed by atoms with Gasteiger partial charge in [0.15, 0.2) is 0 Å². The third-order valence-electron chi connectivity index (χ3n) is 3.70. The summed E-state index contributed by atoms with van der Waals surface area (Å²) in [5, 5.41) is 8.30. The Bertz CT molecular complexity index is 831. The lowest BCUT2D eigenvalue weighted by Crippen LogP contribution is -2.41. The minimum Gasteiger partial charge on any atom is -0.378 e. The van der Waals surface area contributed by atoms with Crippen LogP contribution in [0.15, 0.2) is 63.7 Å². The monoisotopic (exact) mass is 375 g/mol. The third kappa shape index (κ3) is 5.62. The van der Waals surface area contributed by atoms with Crippen LogP contribution in [0, 0.1) is 0 Å². The molecule has 0 spiro atoms. The van der Waals surface area contributed by atoms with Crippen LogP contribution in [0.25, 0.3) is 0 Å². The molecule has 0 amide bonds. The van der Waals surface area contributed by atoms with Gasteiger partial charge in [0.2, 0.25) is 10.0 Å². The summed E-state index contributed by atoms with van der Waals surface area (Å²) in [5.41, 5.74) is 8.12. The minimum absolute atomic E-state index is 0.151. The number of hydrogen-bond donors (Lipinski definition) is 2. The van der Waals surface area contributed by atoms with Gasteiger partial charge in [-0.3, -0.25) is 0 Å². The molecular weight excluding hydrogens is 350 g/mol. The van der Waals surface area contributed by atoms with Crippen LogP contribution in [0.2, 0.25) is 0 Å². The molecule has 0 aliphatic carbocycles. The lowest BCUT2D eigenvalue weighted by molar-refractivity contribution is 0.533. The van der Waals surface area contributed by atoms with Crippen LogP contribution < -0.4 is 15.4 Å². The predicted octanol–water partition coefficient (Wildman–Crippen LogP) is 3.53. The van der Waals surface area contributed by atoms with Crippen molar-refractivity contribution < 1.29 is 8.42 Å². The maximum Gasteiger partial charge on any atom is 0.241 e. The largest absolute Gasteiger partial charge is 0.378 e. The van der Waals surface area contributed by atoms with Crippen molar-refractivity contribution >= 4 is 27.1 Å². The second-order valence-electron chi connectivity index (χ2n) is 6.12. The third-order valence-corrected chi connectivity index (χ3v) is 5.21. The lowest BCUT2D eigenvalue weighted by Gasteiger charge is -2.13. The van der Waals surface area contributed by atoms with Crippen molar-refractivity contribution in [3.05, 3.63) is 48.5 Å². The minimum atomic E-state index is -3.63. The average molecular weight is 375 g/mol. The van der Waals surface area contributed by atoms with Crippen LogP contribution in [-0.4, -0.2) is 28.7 Å². The fraction of sp³-hybridized carbons (Fsp3) is 0.333. The van der Waals surface area contributed by atoms with Crippen LogP contribution >= 0.6 is 0 Å². The number of nitrogens with zero attached hydrogens (tertiary/aromatic N) is 3. The van der Waals surface area contributed by atoms with Gasteiger partial charge in [0.05, 0.1) is 22.4 Å². The first-order valence-corrected chi connectivity index (χ1v) is 9.87. The number of benzene rings is 2. The Labute approximate surface area is 155 Å². The lowest BCUT2D eigenvalue weighted by atomic mass is 10.3. The van der Waals surface area contributed by atoms with Gasteiger partial charge < -0.3 is 10.6 Å². The Morgan fingerprint density at radius 3 is 1.96 bits per heavy atom. The Hall–Kier alpha value is -2.29. The molecule has 7 nitrogen and oxygen atoms in total. The van der Waals surface area contributed by atoms with E-state index in [0.717, 1.165) is 17.8 Å². The molecule has 26 heavy (non-hydrogen) atoms. The molecule has 0 radical (unpaired) electrons. The van der Waals surface area contributed by atoms with E-state index in [2.05, 4.69) is 15.0 Å². The maximum absolute atomic E-state index is 12.2. The smallest absolute Gasteiger partial charge is 0.241 e. The van der Waals surface area contributed by atoms with Crippen LogP contribution in [0.3, 0.4) is 0 Å². The van der Waals surface area contributed by atoms with E-state index in [9.17, 15) is 8.42 Å². The molecule has 0 aliphatic heterocycles. The van der Waals surface area contributed by atoms with Crippen LogP contribution in [0.4, 0.5) is 17.1 Å². The quantitative estimate of drug-likeness (QED) is 0.544. The van der Waals surface area contributed by atoms with Crippen molar-refractivity contribution in [1.82, 2.24) is 4.72 Å². The highest BCUT2D eigenvalue weighted by molar-refractivity contribution is 7.89. The van der Waals surface area contributed by atoms with Gasteiger partial charge in [0.1, 0.15) is 0 Å². The summed E-state index contributed by atoms with van der Waals surface area (Å²) < 4.78 is 26.9. The fourth-order valence-electron chi connectivity index (χ4n) is 2.26. The highest BCUT2D eigenvalue weighted by atomic mass is 32.2. The fourth-order valence-corrected chi connectivity index (χ4v) is 3.41. The van der Waals surface area contributed by atoms with Gasteiger partial charge >= 0.3 is 0 Å². The van der Waals surface area contributed by atoms with Gasteiger partial charge in [-0.15, -0.1) is 0 Å². The molecular formula is C18H25N5O2S. The maximum atomic E-state index is 12.2. The molecule has 140 valence electrons. The number of hydrogen-bond acceptors (Lipinski definition) is 6. The van der Waals surface area contributed by atoms with Crippen LogP contribution in [0.5, 0.6) is 0 Å². The molecule has 2 rings (SSSR count). The van der Waals surface area contributed by atoms with E-state index in [-0.39, 0.29) is 4.90 Å². The topological polar surface area (TPSA) is 100 Å². The molecule has 0 heterocycles. The van der Waals surface area contributed by atoms with Crippen LogP contribution in [0.1, 0.15) is 19.8 Å². The Balaban J connectivity index is 2.07. The van der Waals surface area contributed by atoms with E-state index in [4.69, 9.17) is 5.73 Å². The van der Waals surface area contributed by atoms with Crippen molar-refractivity contribution in [3.63, 3.8) is 0 Å². The van der Waals surface area contributed by atoms with Gasteiger partial charge in [-0.2, -0.15) is 15.0 Å². The van der Waals surface area contributed by atoms with Gasteiger partial charge in [0.25, 0.3) is 0 Å². The second-order valence-corrected chi connectivity index (χ2v) is 7.84. The van der Waals surface area contributed by atoms with Crippen molar-refractivity contribution in [2.24, 2.45) is 16.0 Å². The summed E-state index contributed by atoms with van der Waals surface area (Å²) in [6, 6.07) is 13.8. The Kier molecular flexibility index (Phi) is 6.84. The Morgan fingerprint density at radius 1 is 1.00 bits per heavy atom. The summed E-state index contributed by atoms with van der Waals surface area (Å²) >= 11 is 0. The van der Waals surface area contributed by atoms with E-state index in [1.165, 1.54) is 12.1 Å². The van der Waals surface area contributed by atoms with E-state index in [1.807, 2.05) is 50.2 Å². The molecule has 0 fully saturated rings. The molecule has 0 bridgehead atoms. The van der Waals surface area contributed by atoms with Gasteiger partial charge in [-0.1, -0.05) is 13.3 Å². The predicted molar refractivity (Wildman–Crippen MR) is 105 cm³/mol. The van der Waals surface area contributed by atoms with Gasteiger partial charge in [0, 0.05) is 19.8 Å². The van der Waals surface area contributed by atoms with E-state index in [0.29, 0.717) is 12.1 Å². The number of rotatable bonds is 8. The first kappa shape index (κ1) is 20.0. The summed E-state index contributed by atoms with van der Waals surface area (Å²) in [6.45, 7) is 1.95. The highest BCUT2D eigenvalue weighted by Gasteiger charge is 2.16. The van der Waals surface area contributed by atoms with Gasteiger partial charge in [-0.25, -0.2) is 8.42 Å². The first-order chi connectivity index (χ1) is 12.3. The van der Waals surface area contributed by atoms with Crippen LogP contribution in [-0.2, 0) is 10.0 Å². The van der Waals surface area contributed by atoms with Gasteiger partial charge in [-0.05, 0) is 55.0 Å². The molecule has 2 aromatic carbocycles. The average Bonchev–Trinajstić information content (AvgIpc) is 2.60. The summed E-state index contributed by atoms with van der Waals surface area (Å²) in [5.74, 6) is 0. The second kappa shape index (κ2) is 8.88. The molecule has 1 atom stereocenters. The summed E-state index contributed by atoms with van der Waals surface area (Å²) in [6.07, 6.45) is 0.797. The zero-order chi connectivity index (χ0) is 19.2. The number of anilines is 1. The number of nitrogens with one attached hydrogen (secondary N) is 1. The van der Waals surface area contributed by atoms with Crippen molar-refractivity contribution in [2.45, 2.75) is 30.8 Å². The van der Waals surface area contributed by atoms with Crippen molar-refractivity contribution in [2.75, 3.05) is 19.0 Å². The number of sulfonamides is 1. The number of azo groups is 1. The molecule has 1 unspecified atom stereocenters. The standard InChI is InChI=1S/C18H25N5O2S/c1-4-5-18(19)22-26(24,25)17-12-8-15(9-13-17)21-20-14-6-10-16(11-7-14)23(2)3/h6-13,18,22H,4-5,19H2,1-3H3. The first-order valence-electron chi connectivity index (χ1n) is 8.39. The molecule has 8 heteroatoms. The normalized spacial score (nSPS) is 13.1. The van der Waals surface area contributed by atoms with E-state index < -0.39 is 16.2 Å². The van der Waals surface area contributed by atoms with E-state index in [1.54, 1.807) is 12.1 Å². The molecule has 0 aromatic heterocycles. The molecule has 0 aliphatic rings. The molecule has 0 saturated carbocycles. The zero-order valence-electron chi connectivity index (χ0n) is 15.3. The highest BCUT2D eigenvalue weighted by Crippen LogP contribution is 2.22.